The second-order valence-corrected chi connectivity index (χ2v) is 10.5. The van der Waals surface area contributed by atoms with Crippen LogP contribution < -0.4 is 14.9 Å². The smallest absolute Gasteiger partial charge is 0.338 e. The average Bonchev–Trinajstić information content (AvgIpc) is 3.36. The molecule has 1 aliphatic rings. The quantitative estimate of drug-likeness (QED) is 0.476. The molecule has 0 N–H and O–H groups in total. The van der Waals surface area contributed by atoms with Crippen molar-refractivity contribution in [2.75, 3.05) is 6.61 Å². The normalized spacial score (nSPS) is 16.4. The molecule has 0 radical (unpaired) electrons. The molecule has 0 aliphatic carbocycles. The van der Waals surface area contributed by atoms with Gasteiger partial charge in [0.15, 0.2) is 4.80 Å². The highest BCUT2D eigenvalue weighted by Gasteiger charge is 2.34. The number of aromatic nitrogens is 1. The first-order valence-corrected chi connectivity index (χ1v) is 12.3. The van der Waals surface area contributed by atoms with Crippen LogP contribution in [0.15, 0.2) is 67.3 Å². The number of hydrogen-bond donors (Lipinski definition) is 0. The molecule has 3 aromatic rings. The third-order valence-electron chi connectivity index (χ3n) is 4.77. The van der Waals surface area contributed by atoms with Crippen LogP contribution in [0.4, 0.5) is 0 Å². The third kappa shape index (κ3) is 4.51. The Labute approximate surface area is 196 Å². The van der Waals surface area contributed by atoms with E-state index >= 15 is 0 Å². The summed E-state index contributed by atoms with van der Waals surface area (Å²) in [5, 5.41) is 1.94. The van der Waals surface area contributed by atoms with Gasteiger partial charge in [0.25, 0.3) is 5.56 Å². The molecule has 8 heteroatoms. The number of ether oxygens (including phenoxy) is 1. The van der Waals surface area contributed by atoms with Crippen molar-refractivity contribution in [1.29, 1.82) is 0 Å². The Bertz CT molecular complexity index is 1320. The van der Waals surface area contributed by atoms with Crippen LogP contribution in [-0.4, -0.2) is 17.1 Å². The van der Waals surface area contributed by atoms with E-state index in [-0.39, 0.29) is 11.5 Å². The molecule has 1 aromatic carbocycles. The summed E-state index contributed by atoms with van der Waals surface area (Å²) in [5.74, 6) is -0.201. The van der Waals surface area contributed by atoms with Crippen molar-refractivity contribution >= 4 is 50.6 Å². The summed E-state index contributed by atoms with van der Waals surface area (Å²) >= 11 is 6.27. The molecule has 3 heterocycles. The lowest BCUT2D eigenvalue weighted by Crippen LogP contribution is -2.39. The number of thiazole rings is 1. The molecular formula is C23H21BrN2O3S2. The molecule has 4 rings (SSSR count). The first-order valence-electron chi connectivity index (χ1n) is 9.84. The van der Waals surface area contributed by atoms with Crippen LogP contribution in [0.5, 0.6) is 0 Å². The standard InChI is InChI=1S/C23H21BrN2O3S2/c1-13(2)12-29-22(28)19-14(3)25-23-26(20(19)17-5-4-10-30-17)21(27)18(31-23)11-15-6-8-16(24)9-7-15/h4-11,13,20H,12H2,1-3H3. The van der Waals surface area contributed by atoms with E-state index in [1.807, 2.05) is 61.7 Å². The molecule has 1 atom stereocenters. The Hall–Kier alpha value is -2.29. The zero-order valence-corrected chi connectivity index (χ0v) is 20.5. The highest BCUT2D eigenvalue weighted by Crippen LogP contribution is 2.33. The highest BCUT2D eigenvalue weighted by atomic mass is 79.9. The van der Waals surface area contributed by atoms with Crippen LogP contribution in [0.2, 0.25) is 0 Å². The van der Waals surface area contributed by atoms with E-state index in [0.29, 0.717) is 27.2 Å². The van der Waals surface area contributed by atoms with Crippen molar-refractivity contribution in [3.05, 3.63) is 87.6 Å². The first-order chi connectivity index (χ1) is 14.8. The summed E-state index contributed by atoms with van der Waals surface area (Å²) in [4.78, 5) is 32.5. The second kappa shape index (κ2) is 9.06. The summed E-state index contributed by atoms with van der Waals surface area (Å²) in [5.41, 5.74) is 1.77. The van der Waals surface area contributed by atoms with Crippen molar-refractivity contribution in [3.8, 4) is 0 Å². The Morgan fingerprint density at radius 2 is 2.03 bits per heavy atom. The summed E-state index contributed by atoms with van der Waals surface area (Å²) in [6, 6.07) is 11.1. The van der Waals surface area contributed by atoms with Gasteiger partial charge in [-0.1, -0.05) is 59.3 Å². The molecule has 0 saturated carbocycles. The van der Waals surface area contributed by atoms with Crippen LogP contribution in [-0.2, 0) is 9.53 Å². The fourth-order valence-corrected chi connectivity index (χ4v) is 5.46. The van der Waals surface area contributed by atoms with E-state index < -0.39 is 12.0 Å². The van der Waals surface area contributed by atoms with Gasteiger partial charge in [0, 0.05) is 9.35 Å². The molecule has 0 spiro atoms. The van der Waals surface area contributed by atoms with Crippen LogP contribution >= 0.6 is 38.6 Å². The SMILES string of the molecule is CC1=C(C(=O)OCC(C)C)C(c2cccs2)n2c(sc(=Cc3ccc(Br)cc3)c2=O)=N1. The van der Waals surface area contributed by atoms with Crippen molar-refractivity contribution in [2.45, 2.75) is 26.8 Å². The van der Waals surface area contributed by atoms with Crippen molar-refractivity contribution in [3.63, 3.8) is 0 Å². The zero-order chi connectivity index (χ0) is 22.1. The van der Waals surface area contributed by atoms with Gasteiger partial charge in [-0.15, -0.1) is 11.3 Å². The molecule has 1 aliphatic heterocycles. The molecule has 0 bridgehead atoms. The van der Waals surface area contributed by atoms with Gasteiger partial charge in [-0.05, 0) is 48.1 Å². The number of esters is 1. The highest BCUT2D eigenvalue weighted by molar-refractivity contribution is 9.10. The molecule has 0 saturated heterocycles. The van der Waals surface area contributed by atoms with Gasteiger partial charge in [0.1, 0.15) is 6.04 Å². The van der Waals surface area contributed by atoms with Gasteiger partial charge in [-0.3, -0.25) is 9.36 Å². The minimum atomic E-state index is -0.539. The van der Waals surface area contributed by atoms with Crippen LogP contribution in [0.3, 0.4) is 0 Å². The topological polar surface area (TPSA) is 60.7 Å². The van der Waals surface area contributed by atoms with Crippen molar-refractivity contribution in [1.82, 2.24) is 4.57 Å². The van der Waals surface area contributed by atoms with Gasteiger partial charge in [-0.2, -0.15) is 0 Å². The number of carbonyl (C=O) groups excluding carboxylic acids is 1. The van der Waals surface area contributed by atoms with E-state index in [0.717, 1.165) is 14.9 Å². The lowest BCUT2D eigenvalue weighted by Gasteiger charge is -2.23. The fourth-order valence-electron chi connectivity index (χ4n) is 3.33. The number of hydrogen-bond acceptors (Lipinski definition) is 6. The Kier molecular flexibility index (Phi) is 6.41. The minimum absolute atomic E-state index is 0.160. The van der Waals surface area contributed by atoms with Crippen LogP contribution in [0, 0.1) is 5.92 Å². The molecule has 5 nitrogen and oxygen atoms in total. The molecule has 2 aromatic heterocycles. The number of fused-ring (bicyclic) bond motifs is 1. The monoisotopic (exact) mass is 516 g/mol. The van der Waals surface area contributed by atoms with E-state index in [1.165, 1.54) is 22.7 Å². The number of rotatable bonds is 5. The summed E-state index contributed by atoms with van der Waals surface area (Å²) in [6.07, 6.45) is 1.86. The Balaban J connectivity index is 1.86. The second-order valence-electron chi connectivity index (χ2n) is 7.64. The largest absolute Gasteiger partial charge is 0.462 e. The zero-order valence-electron chi connectivity index (χ0n) is 17.3. The van der Waals surface area contributed by atoms with Gasteiger partial charge in [-0.25, -0.2) is 9.79 Å². The van der Waals surface area contributed by atoms with E-state index in [9.17, 15) is 9.59 Å². The van der Waals surface area contributed by atoms with E-state index in [4.69, 9.17) is 4.74 Å². The van der Waals surface area contributed by atoms with E-state index in [2.05, 4.69) is 20.9 Å². The number of allylic oxidation sites excluding steroid dienone is 1. The van der Waals surface area contributed by atoms with Gasteiger partial charge >= 0.3 is 5.97 Å². The molecular weight excluding hydrogens is 496 g/mol. The number of thiophene rings is 1. The number of halogens is 1. The Morgan fingerprint density at radius 3 is 2.68 bits per heavy atom. The van der Waals surface area contributed by atoms with Crippen molar-refractivity contribution < 1.29 is 9.53 Å². The van der Waals surface area contributed by atoms with E-state index in [1.54, 1.807) is 11.5 Å². The lowest BCUT2D eigenvalue weighted by atomic mass is 10.0. The first kappa shape index (κ1) is 21.9. The van der Waals surface area contributed by atoms with Crippen molar-refractivity contribution in [2.24, 2.45) is 10.9 Å². The Morgan fingerprint density at radius 1 is 1.29 bits per heavy atom. The van der Waals surface area contributed by atoms with Gasteiger partial charge in [0.05, 0.1) is 22.4 Å². The summed E-state index contributed by atoms with van der Waals surface area (Å²) in [6.45, 7) is 6.10. The molecule has 160 valence electrons. The number of nitrogens with zero attached hydrogens (tertiary/aromatic N) is 2. The lowest BCUT2D eigenvalue weighted by molar-refractivity contribution is -0.140. The average molecular weight is 517 g/mol. The maximum Gasteiger partial charge on any atom is 0.338 e. The predicted octanol–water partition coefficient (Wildman–Crippen LogP) is 4.26. The summed E-state index contributed by atoms with van der Waals surface area (Å²) < 4.78 is 8.71. The number of benzene rings is 1. The molecule has 0 amide bonds. The van der Waals surface area contributed by atoms with Gasteiger partial charge < -0.3 is 4.74 Å². The minimum Gasteiger partial charge on any atom is -0.462 e. The summed E-state index contributed by atoms with van der Waals surface area (Å²) in [7, 11) is 0. The molecule has 1 unspecified atom stereocenters. The van der Waals surface area contributed by atoms with Crippen LogP contribution in [0.25, 0.3) is 6.08 Å². The fraction of sp³-hybridized carbons (Fsp3) is 0.261. The maximum absolute atomic E-state index is 13.4. The van der Waals surface area contributed by atoms with Crippen LogP contribution in [0.1, 0.15) is 37.3 Å². The third-order valence-corrected chi connectivity index (χ3v) is 7.21. The van der Waals surface area contributed by atoms with Gasteiger partial charge in [0.2, 0.25) is 0 Å². The molecule has 0 fully saturated rings. The molecule has 31 heavy (non-hydrogen) atoms. The maximum atomic E-state index is 13.4. The number of carbonyl (C=O) groups is 1. The predicted molar refractivity (Wildman–Crippen MR) is 128 cm³/mol.